The van der Waals surface area contributed by atoms with Gasteiger partial charge in [0, 0.05) is 73.5 Å². The lowest BCUT2D eigenvalue weighted by molar-refractivity contribution is -0.216. The van der Waals surface area contributed by atoms with Crippen molar-refractivity contribution >= 4 is 70.2 Å². The van der Waals surface area contributed by atoms with E-state index in [4.69, 9.17) is 25.0 Å². The highest BCUT2D eigenvalue weighted by atomic mass is 32.1. The number of ketones is 3. The standard InChI is InChI=1S/C66H100N8O13S/c1-12-14-15-18-32-86-74(64(82)53(43(7)13-2)36-58(78)55-21-16-17-31-73(55)11)56(42(5)6)37-60(87-46(10)75)63-72-54(40-88-63)62(81)71-51(34-47-24-28-52(76)29-25-47)33-44(8)59(79)38-69-66(84)85-39-48-22-26-50(27-23-48)70-61(80)49(20-19-30-68-65(67)83)35-57(77)45(9)41(3)4/h22-29,40-45,49,51,53,55-56,60,76H,12-21,30-39H2,1-11H3,(H,69,84)(H,70,80)(H,71,81)(H3,67,68,83)/t43?,44-,45-,49+,51+,53-,55+,56+,60+/m0/s1. The fourth-order valence-corrected chi connectivity index (χ4v) is 11.5. The number of thiazole rings is 1. The largest absolute Gasteiger partial charge is 0.508 e. The van der Waals surface area contributed by atoms with Crippen molar-refractivity contribution < 1.29 is 62.6 Å². The number of hydrogen-bond acceptors (Lipinski definition) is 16. The van der Waals surface area contributed by atoms with Gasteiger partial charge < -0.3 is 41.6 Å². The number of nitrogens with two attached hydrogens (primary N) is 1. The fraction of sp³-hybridized carbons (Fsp3) is 0.636. The van der Waals surface area contributed by atoms with Crippen LogP contribution >= 0.6 is 11.3 Å². The highest BCUT2D eigenvalue weighted by molar-refractivity contribution is 7.09. The van der Waals surface area contributed by atoms with Gasteiger partial charge in [0.15, 0.2) is 17.7 Å². The van der Waals surface area contributed by atoms with Crippen molar-refractivity contribution in [3.05, 3.63) is 75.7 Å². The molecule has 1 fully saturated rings. The number of likely N-dealkylation sites (tertiary alicyclic amines) is 1. The van der Waals surface area contributed by atoms with Crippen LogP contribution in [0.3, 0.4) is 0 Å². The molecule has 0 bridgehead atoms. The Labute approximate surface area is 525 Å². The molecule has 22 heteroatoms. The monoisotopic (exact) mass is 1240 g/mol. The van der Waals surface area contributed by atoms with Gasteiger partial charge in [0.1, 0.15) is 28.8 Å². The number of alkyl carbamates (subject to hydrolysis) is 1. The summed E-state index contributed by atoms with van der Waals surface area (Å²) in [5, 5.41) is 24.3. The van der Waals surface area contributed by atoms with Crippen LogP contribution in [0.5, 0.6) is 5.75 Å². The number of piperidine rings is 1. The molecule has 0 spiro atoms. The topological polar surface area (TPSA) is 295 Å². The third-order valence-corrected chi connectivity index (χ3v) is 17.8. The lowest BCUT2D eigenvalue weighted by atomic mass is 9.83. The number of unbranched alkanes of at least 4 members (excludes halogenated alkanes) is 3. The van der Waals surface area contributed by atoms with Crippen LogP contribution in [0.2, 0.25) is 0 Å². The number of hydrogen-bond donors (Lipinski definition) is 6. The molecule has 4 rings (SSSR count). The Morgan fingerprint density at radius 3 is 2.15 bits per heavy atom. The number of aromatic nitrogens is 1. The zero-order valence-corrected chi connectivity index (χ0v) is 54.7. The summed E-state index contributed by atoms with van der Waals surface area (Å²) in [7, 11) is 1.96. The normalized spacial score (nSPS) is 16.2. The van der Waals surface area contributed by atoms with Crippen LogP contribution in [0.15, 0.2) is 53.9 Å². The number of Topliss-reactive ketones (excluding diaryl/α,β-unsaturated/α-hetero) is 3. The summed E-state index contributed by atoms with van der Waals surface area (Å²) in [6, 6.07) is 10.9. The molecule has 488 valence electrons. The van der Waals surface area contributed by atoms with Gasteiger partial charge >= 0.3 is 18.1 Å². The minimum Gasteiger partial charge on any atom is -0.508 e. The molecule has 0 aliphatic carbocycles. The molecule has 1 saturated heterocycles. The number of carbonyl (C=O) groups excluding carboxylic acids is 9. The van der Waals surface area contributed by atoms with Crippen LogP contribution in [0.1, 0.15) is 192 Å². The van der Waals surface area contributed by atoms with Gasteiger partial charge in [-0.1, -0.05) is 119 Å². The van der Waals surface area contributed by atoms with E-state index < -0.39 is 59.9 Å². The third-order valence-electron chi connectivity index (χ3n) is 16.8. The van der Waals surface area contributed by atoms with Crippen molar-refractivity contribution in [3.63, 3.8) is 0 Å². The number of urea groups is 1. The predicted molar refractivity (Wildman–Crippen MR) is 339 cm³/mol. The third kappa shape index (κ3) is 25.0. The zero-order chi connectivity index (χ0) is 65.0. The van der Waals surface area contributed by atoms with Gasteiger partial charge in [0.2, 0.25) is 11.8 Å². The van der Waals surface area contributed by atoms with Crippen LogP contribution in [0, 0.1) is 41.4 Å². The summed E-state index contributed by atoms with van der Waals surface area (Å²) in [4.78, 5) is 133. The van der Waals surface area contributed by atoms with Crippen molar-refractivity contribution in [2.24, 2.45) is 47.2 Å². The van der Waals surface area contributed by atoms with Gasteiger partial charge in [-0.05, 0) is 112 Å². The second-order valence-electron chi connectivity index (χ2n) is 24.5. The maximum absolute atomic E-state index is 15.1. The summed E-state index contributed by atoms with van der Waals surface area (Å²) < 4.78 is 11.4. The Bertz CT molecular complexity index is 2720. The Kier molecular flexibility index (Phi) is 31.8. The Hall–Kier alpha value is -6.78. The summed E-state index contributed by atoms with van der Waals surface area (Å²) in [6.07, 6.45) is 6.64. The van der Waals surface area contributed by atoms with Crippen LogP contribution in [0.4, 0.5) is 15.3 Å². The number of anilines is 1. The van der Waals surface area contributed by atoms with Gasteiger partial charge in [-0.2, -0.15) is 0 Å². The molecule has 2 heterocycles. The molecule has 1 aliphatic rings. The Balaban J connectivity index is 1.45. The molecule has 2 aromatic carbocycles. The van der Waals surface area contributed by atoms with E-state index in [0.29, 0.717) is 41.9 Å². The maximum atomic E-state index is 15.1. The first-order valence-electron chi connectivity index (χ1n) is 31.6. The van der Waals surface area contributed by atoms with E-state index in [9.17, 15) is 43.5 Å². The van der Waals surface area contributed by atoms with Gasteiger partial charge in [0.25, 0.3) is 5.91 Å². The molecule has 9 atom stereocenters. The number of carbonyl (C=O) groups is 9. The molecule has 0 saturated carbocycles. The van der Waals surface area contributed by atoms with E-state index in [1.165, 1.54) is 24.1 Å². The lowest BCUT2D eigenvalue weighted by Crippen LogP contribution is -2.50. The molecule has 88 heavy (non-hydrogen) atoms. The number of ether oxygens (including phenoxy) is 2. The van der Waals surface area contributed by atoms with Crippen molar-refractivity contribution in [2.75, 3.05) is 38.6 Å². The van der Waals surface area contributed by atoms with Crippen molar-refractivity contribution in [1.82, 2.24) is 30.9 Å². The van der Waals surface area contributed by atoms with Crippen LogP contribution in [-0.2, 0) is 56.1 Å². The van der Waals surface area contributed by atoms with Crippen molar-refractivity contribution in [2.45, 2.75) is 196 Å². The number of benzene rings is 2. The first kappa shape index (κ1) is 73.7. The summed E-state index contributed by atoms with van der Waals surface area (Å²) in [6.45, 7) is 19.6. The summed E-state index contributed by atoms with van der Waals surface area (Å²) >= 11 is 1.13. The van der Waals surface area contributed by atoms with Gasteiger partial charge in [-0.15, -0.1) is 11.3 Å². The quantitative estimate of drug-likeness (QED) is 0.0176. The number of aromatic hydroxyl groups is 1. The van der Waals surface area contributed by atoms with E-state index >= 15 is 4.79 Å². The van der Waals surface area contributed by atoms with Gasteiger partial charge in [-0.3, -0.25) is 43.3 Å². The SMILES string of the molecule is CCCCCCON(C(=O)[C@@H](CC(=O)[C@H]1CCCCN1C)C(C)CC)[C@H](C[C@@H](OC(C)=O)c1nc(C(=O)N[C@@H](Cc2ccc(O)cc2)C[C@H](C)C(=O)CNC(=O)OCc2ccc(NC(=O)[C@H](CCCNC(N)=O)CC(=O)[C@@H](C)C(C)C)cc2)cs1)C(C)C. The molecule has 1 unspecified atom stereocenters. The number of phenolic OH excluding ortho intramolecular Hbond substituents is 1. The number of amides is 6. The molecular weight excluding hydrogens is 1140 g/mol. The van der Waals surface area contributed by atoms with Gasteiger partial charge in [-0.25, -0.2) is 19.6 Å². The first-order valence-corrected chi connectivity index (χ1v) is 32.5. The number of rotatable bonds is 39. The second kappa shape index (κ2) is 37.9. The first-order chi connectivity index (χ1) is 41.8. The van der Waals surface area contributed by atoms with Crippen molar-refractivity contribution in [1.29, 1.82) is 0 Å². The molecule has 7 N–H and O–H groups in total. The zero-order valence-electron chi connectivity index (χ0n) is 53.9. The van der Waals surface area contributed by atoms with Crippen molar-refractivity contribution in [3.8, 4) is 5.75 Å². The van der Waals surface area contributed by atoms with E-state index in [0.717, 1.165) is 62.0 Å². The lowest BCUT2D eigenvalue weighted by Gasteiger charge is -2.38. The fourth-order valence-electron chi connectivity index (χ4n) is 10.7. The highest BCUT2D eigenvalue weighted by Gasteiger charge is 2.40. The number of likely N-dealkylation sites (N-methyl/N-ethyl adjacent to an activating group) is 1. The average Bonchev–Trinajstić information content (AvgIpc) is 2.06. The maximum Gasteiger partial charge on any atom is 0.407 e. The summed E-state index contributed by atoms with van der Waals surface area (Å²) in [5.41, 5.74) is 7.05. The van der Waals surface area contributed by atoms with E-state index in [-0.39, 0.29) is 129 Å². The Morgan fingerprint density at radius 2 is 1.52 bits per heavy atom. The number of phenols is 1. The molecule has 6 amide bonds. The van der Waals surface area contributed by atoms with E-state index in [1.54, 1.807) is 48.7 Å². The minimum absolute atomic E-state index is 0.0260. The molecule has 1 aliphatic heterocycles. The molecule has 0 radical (unpaired) electrons. The number of nitrogens with zero attached hydrogens (tertiary/aromatic N) is 3. The average molecular weight is 1250 g/mol. The number of hydroxylamine groups is 2. The van der Waals surface area contributed by atoms with Gasteiger partial charge in [0.05, 0.1) is 25.2 Å². The predicted octanol–water partition coefficient (Wildman–Crippen LogP) is 10.4. The number of nitrogens with one attached hydrogen (secondary N) is 4. The smallest absolute Gasteiger partial charge is 0.407 e. The molecule has 1 aromatic heterocycles. The van der Waals surface area contributed by atoms with E-state index in [1.807, 2.05) is 55.5 Å². The number of primary amides is 1. The van der Waals surface area contributed by atoms with Crippen LogP contribution < -0.4 is 27.0 Å². The molecule has 21 nitrogen and oxygen atoms in total. The van der Waals surface area contributed by atoms with E-state index in [2.05, 4.69) is 33.1 Å². The minimum atomic E-state index is -0.988. The summed E-state index contributed by atoms with van der Waals surface area (Å²) in [5.74, 6) is -4.46. The molecular formula is C66H100N8O13S. The second-order valence-corrected chi connectivity index (χ2v) is 25.4. The van der Waals surface area contributed by atoms with Crippen LogP contribution in [0.25, 0.3) is 0 Å². The highest BCUT2D eigenvalue weighted by Crippen LogP contribution is 2.34. The van der Waals surface area contributed by atoms with Crippen LogP contribution in [-0.4, -0.2) is 125 Å². The molecule has 3 aromatic rings. The Morgan fingerprint density at radius 1 is 0.830 bits per heavy atom. The number of esters is 1.